The van der Waals surface area contributed by atoms with Crippen LogP contribution in [0.25, 0.3) is 11.3 Å². The summed E-state index contributed by atoms with van der Waals surface area (Å²) in [5.41, 5.74) is 4.99. The van der Waals surface area contributed by atoms with Gasteiger partial charge in [0, 0.05) is 53.7 Å². The van der Waals surface area contributed by atoms with Gasteiger partial charge in [-0.2, -0.15) is 0 Å². The number of hydrogen-bond acceptors (Lipinski definition) is 6. The van der Waals surface area contributed by atoms with Crippen molar-refractivity contribution < 1.29 is 9.59 Å². The molecular weight excluding hydrogens is 416 g/mol. The molecule has 164 valence electrons. The van der Waals surface area contributed by atoms with Gasteiger partial charge in [0.1, 0.15) is 0 Å². The number of carbonyl (C=O) groups is 2. The first-order valence-corrected chi connectivity index (χ1v) is 10.3. The highest BCUT2D eigenvalue weighted by atomic mass is 16.2. The molecule has 0 bridgehead atoms. The molecule has 0 aliphatic carbocycles. The average molecular weight is 438 g/mol. The Morgan fingerprint density at radius 2 is 1.73 bits per heavy atom. The second-order valence-electron chi connectivity index (χ2n) is 7.38. The Bertz CT molecular complexity index is 1310. The number of amides is 2. The molecule has 0 radical (unpaired) electrons. The smallest absolute Gasteiger partial charge is 0.255 e. The van der Waals surface area contributed by atoms with Crippen molar-refractivity contribution >= 4 is 34.8 Å². The van der Waals surface area contributed by atoms with Gasteiger partial charge < -0.3 is 16.0 Å². The Morgan fingerprint density at radius 1 is 0.879 bits per heavy atom. The van der Waals surface area contributed by atoms with Crippen molar-refractivity contribution in [1.29, 1.82) is 0 Å². The molecule has 2 amide bonds. The van der Waals surface area contributed by atoms with E-state index in [1.807, 2.05) is 43.3 Å². The molecule has 8 nitrogen and oxygen atoms in total. The first-order chi connectivity index (χ1) is 16.0. The van der Waals surface area contributed by atoms with E-state index in [1.54, 1.807) is 42.9 Å². The number of nitrogens with zero attached hydrogens (tertiary/aromatic N) is 3. The van der Waals surface area contributed by atoms with Gasteiger partial charge in [-0.3, -0.25) is 14.6 Å². The Labute approximate surface area is 191 Å². The van der Waals surface area contributed by atoms with Crippen LogP contribution in [-0.2, 0) is 4.79 Å². The number of rotatable bonds is 6. The molecule has 2 heterocycles. The number of aromatic nitrogens is 3. The number of nitrogens with one attached hydrogen (secondary N) is 3. The molecule has 0 saturated heterocycles. The van der Waals surface area contributed by atoms with E-state index in [0.717, 1.165) is 22.5 Å². The zero-order chi connectivity index (χ0) is 23.2. The van der Waals surface area contributed by atoms with Crippen LogP contribution in [-0.4, -0.2) is 26.8 Å². The summed E-state index contributed by atoms with van der Waals surface area (Å²) in [5.74, 6) is -0.0469. The maximum Gasteiger partial charge on any atom is 0.255 e. The maximum atomic E-state index is 12.7. The van der Waals surface area contributed by atoms with Crippen LogP contribution in [0.4, 0.5) is 23.0 Å². The molecule has 8 heteroatoms. The number of anilines is 4. The molecule has 0 unspecified atom stereocenters. The molecule has 33 heavy (non-hydrogen) atoms. The van der Waals surface area contributed by atoms with E-state index < -0.39 is 0 Å². The quantitative estimate of drug-likeness (QED) is 0.399. The Kier molecular flexibility index (Phi) is 6.36. The van der Waals surface area contributed by atoms with Crippen LogP contribution in [0, 0.1) is 6.92 Å². The summed E-state index contributed by atoms with van der Waals surface area (Å²) in [6, 6.07) is 17.9. The normalized spacial score (nSPS) is 10.4. The second-order valence-corrected chi connectivity index (χ2v) is 7.38. The number of hydrogen-bond donors (Lipinski definition) is 3. The van der Waals surface area contributed by atoms with Crippen molar-refractivity contribution in [3.63, 3.8) is 0 Å². The molecular formula is C25H22N6O2. The van der Waals surface area contributed by atoms with Gasteiger partial charge in [-0.05, 0) is 61.0 Å². The molecule has 0 fully saturated rings. The van der Waals surface area contributed by atoms with Crippen molar-refractivity contribution in [2.75, 3.05) is 16.0 Å². The van der Waals surface area contributed by atoms with Gasteiger partial charge in [0.2, 0.25) is 11.9 Å². The van der Waals surface area contributed by atoms with Gasteiger partial charge in [0.05, 0.1) is 5.69 Å². The minimum Gasteiger partial charge on any atom is -0.326 e. The highest BCUT2D eigenvalue weighted by Crippen LogP contribution is 2.25. The van der Waals surface area contributed by atoms with E-state index in [1.165, 1.54) is 6.92 Å². The van der Waals surface area contributed by atoms with Crippen LogP contribution in [0.2, 0.25) is 0 Å². The summed E-state index contributed by atoms with van der Waals surface area (Å²) < 4.78 is 0. The van der Waals surface area contributed by atoms with E-state index in [-0.39, 0.29) is 11.8 Å². The number of pyridine rings is 1. The summed E-state index contributed by atoms with van der Waals surface area (Å²) in [6.45, 7) is 3.37. The van der Waals surface area contributed by atoms with Crippen molar-refractivity contribution in [3.05, 3.63) is 90.4 Å². The van der Waals surface area contributed by atoms with Crippen LogP contribution in [0.1, 0.15) is 22.8 Å². The largest absolute Gasteiger partial charge is 0.326 e. The molecule has 0 atom stereocenters. The fourth-order valence-electron chi connectivity index (χ4n) is 3.19. The first kappa shape index (κ1) is 21.6. The van der Waals surface area contributed by atoms with Crippen molar-refractivity contribution in [3.8, 4) is 11.3 Å². The third-order valence-electron chi connectivity index (χ3n) is 4.80. The lowest BCUT2D eigenvalue weighted by Gasteiger charge is -2.12. The van der Waals surface area contributed by atoms with Gasteiger partial charge in [-0.25, -0.2) is 9.97 Å². The van der Waals surface area contributed by atoms with E-state index in [9.17, 15) is 9.59 Å². The predicted octanol–water partition coefficient (Wildman–Crippen LogP) is 4.80. The zero-order valence-corrected chi connectivity index (χ0v) is 18.2. The van der Waals surface area contributed by atoms with Crippen molar-refractivity contribution in [1.82, 2.24) is 15.0 Å². The molecule has 3 N–H and O–H groups in total. The van der Waals surface area contributed by atoms with Crippen LogP contribution >= 0.6 is 0 Å². The third kappa shape index (κ3) is 5.56. The number of carbonyl (C=O) groups excluding carboxylic acids is 2. The van der Waals surface area contributed by atoms with Crippen LogP contribution in [0.5, 0.6) is 0 Å². The second kappa shape index (κ2) is 9.69. The summed E-state index contributed by atoms with van der Waals surface area (Å²) in [4.78, 5) is 37.0. The molecule has 2 aromatic heterocycles. The minimum absolute atomic E-state index is 0.198. The minimum atomic E-state index is -0.285. The summed E-state index contributed by atoms with van der Waals surface area (Å²) in [5, 5.41) is 8.79. The van der Waals surface area contributed by atoms with E-state index >= 15 is 0 Å². The molecule has 0 aliphatic heterocycles. The third-order valence-corrected chi connectivity index (χ3v) is 4.80. The predicted molar refractivity (Wildman–Crippen MR) is 128 cm³/mol. The summed E-state index contributed by atoms with van der Waals surface area (Å²) in [7, 11) is 0. The molecule has 2 aromatic carbocycles. The highest BCUT2D eigenvalue weighted by Gasteiger charge is 2.10. The summed E-state index contributed by atoms with van der Waals surface area (Å²) >= 11 is 0. The van der Waals surface area contributed by atoms with Crippen molar-refractivity contribution in [2.24, 2.45) is 0 Å². The van der Waals surface area contributed by atoms with Gasteiger partial charge in [-0.1, -0.05) is 12.1 Å². The topological polar surface area (TPSA) is 109 Å². The lowest BCUT2D eigenvalue weighted by Crippen LogP contribution is -2.13. The molecule has 0 aliphatic rings. The van der Waals surface area contributed by atoms with Crippen LogP contribution < -0.4 is 16.0 Å². The van der Waals surface area contributed by atoms with E-state index in [0.29, 0.717) is 22.9 Å². The maximum absolute atomic E-state index is 12.7. The monoisotopic (exact) mass is 438 g/mol. The molecule has 4 aromatic rings. The Hall–Kier alpha value is -4.59. The molecule has 4 rings (SSSR count). The first-order valence-electron chi connectivity index (χ1n) is 10.3. The standard InChI is InChI=1S/C25H22N6O2/c1-16-8-9-21(29-24(33)18-5-3-7-20(13-18)28-17(2)32)14-23(16)31-25-27-12-10-22(30-25)19-6-4-11-26-15-19/h3-15H,1-2H3,(H,28,32)(H,29,33)(H,27,30,31). The summed E-state index contributed by atoms with van der Waals surface area (Å²) in [6.07, 6.45) is 5.14. The fraction of sp³-hybridized carbons (Fsp3) is 0.0800. The Balaban J connectivity index is 1.52. The van der Waals surface area contributed by atoms with E-state index in [2.05, 4.69) is 30.9 Å². The van der Waals surface area contributed by atoms with Gasteiger partial charge >= 0.3 is 0 Å². The van der Waals surface area contributed by atoms with Gasteiger partial charge in [-0.15, -0.1) is 0 Å². The molecule has 0 spiro atoms. The average Bonchev–Trinajstić information content (AvgIpc) is 2.82. The highest BCUT2D eigenvalue weighted by molar-refractivity contribution is 6.05. The van der Waals surface area contributed by atoms with Gasteiger partial charge in [0.25, 0.3) is 5.91 Å². The Morgan fingerprint density at radius 3 is 2.52 bits per heavy atom. The fourth-order valence-corrected chi connectivity index (χ4v) is 3.19. The van der Waals surface area contributed by atoms with Crippen LogP contribution in [0.3, 0.4) is 0 Å². The SMILES string of the molecule is CC(=O)Nc1cccc(C(=O)Nc2ccc(C)c(Nc3nccc(-c4cccnc4)n3)c2)c1. The molecule has 0 saturated carbocycles. The van der Waals surface area contributed by atoms with Crippen molar-refractivity contribution in [2.45, 2.75) is 13.8 Å². The van der Waals surface area contributed by atoms with Crippen LogP contribution in [0.15, 0.2) is 79.3 Å². The number of aryl methyl sites for hydroxylation is 1. The lowest BCUT2D eigenvalue weighted by molar-refractivity contribution is -0.114. The van der Waals surface area contributed by atoms with E-state index in [4.69, 9.17) is 0 Å². The zero-order valence-electron chi connectivity index (χ0n) is 18.2. The van der Waals surface area contributed by atoms with Gasteiger partial charge in [0.15, 0.2) is 0 Å². The number of benzene rings is 2. The lowest BCUT2D eigenvalue weighted by atomic mass is 10.1.